The second-order valence-corrected chi connectivity index (χ2v) is 4.58. The lowest BCUT2D eigenvalue weighted by molar-refractivity contribution is 0.0778. The van der Waals surface area contributed by atoms with Crippen molar-refractivity contribution in [2.24, 2.45) is 0 Å². The number of nitrogens with one attached hydrogen (secondary N) is 1. The lowest BCUT2D eigenvalue weighted by atomic mass is 10.1. The highest BCUT2D eigenvalue weighted by molar-refractivity contribution is 5.07. The molecule has 2 rings (SSSR count). The number of ether oxygens (including phenoxy) is 1. The van der Waals surface area contributed by atoms with Gasteiger partial charge >= 0.3 is 0 Å². The highest BCUT2D eigenvalue weighted by atomic mass is 16.5. The van der Waals surface area contributed by atoms with Crippen LogP contribution in [0, 0.1) is 6.92 Å². The fourth-order valence-electron chi connectivity index (χ4n) is 2.08. The number of aromatic nitrogens is 1. The van der Waals surface area contributed by atoms with E-state index in [1.54, 1.807) is 10.6 Å². The van der Waals surface area contributed by atoms with Crippen molar-refractivity contribution in [3.8, 4) is 0 Å². The first-order valence-electron chi connectivity index (χ1n) is 6.24. The highest BCUT2D eigenvalue weighted by Gasteiger charge is 2.12. The van der Waals surface area contributed by atoms with Gasteiger partial charge in [0.05, 0.1) is 0 Å². The average molecular weight is 236 g/mol. The van der Waals surface area contributed by atoms with Gasteiger partial charge in [-0.15, -0.1) is 0 Å². The summed E-state index contributed by atoms with van der Waals surface area (Å²) in [5.41, 5.74) is 1.10. The number of rotatable bonds is 4. The lowest BCUT2D eigenvalue weighted by Gasteiger charge is -2.23. The minimum absolute atomic E-state index is 0.0822. The molecule has 17 heavy (non-hydrogen) atoms. The van der Waals surface area contributed by atoms with Crippen LogP contribution in [0.15, 0.2) is 23.1 Å². The molecule has 2 heterocycles. The quantitative estimate of drug-likeness (QED) is 0.845. The van der Waals surface area contributed by atoms with Crippen molar-refractivity contribution >= 4 is 0 Å². The summed E-state index contributed by atoms with van der Waals surface area (Å²) < 4.78 is 7.05. The molecular formula is C13H20N2O2. The highest BCUT2D eigenvalue weighted by Crippen LogP contribution is 2.05. The van der Waals surface area contributed by atoms with E-state index in [0.717, 1.165) is 44.7 Å². The molecule has 4 nitrogen and oxygen atoms in total. The Morgan fingerprint density at radius 2 is 2.24 bits per heavy atom. The molecule has 0 aromatic carbocycles. The predicted octanol–water partition coefficient (Wildman–Crippen LogP) is 0.925. The van der Waals surface area contributed by atoms with E-state index in [-0.39, 0.29) is 5.56 Å². The number of hydrogen-bond donors (Lipinski definition) is 1. The molecular weight excluding hydrogens is 216 g/mol. The zero-order chi connectivity index (χ0) is 12.1. The monoisotopic (exact) mass is 236 g/mol. The van der Waals surface area contributed by atoms with Gasteiger partial charge in [0.15, 0.2) is 0 Å². The molecule has 1 aromatic rings. The molecule has 0 spiro atoms. The molecule has 0 atom stereocenters. The Balaban J connectivity index is 1.79. The SMILES string of the molecule is Cc1ccn(CCNC2CCOCC2)c(=O)c1. The van der Waals surface area contributed by atoms with Crippen molar-refractivity contribution in [3.05, 3.63) is 34.2 Å². The van der Waals surface area contributed by atoms with Gasteiger partial charge in [-0.1, -0.05) is 0 Å². The minimum atomic E-state index is 0.0822. The van der Waals surface area contributed by atoms with Crippen molar-refractivity contribution in [1.29, 1.82) is 0 Å². The summed E-state index contributed by atoms with van der Waals surface area (Å²) in [7, 11) is 0. The maximum absolute atomic E-state index is 11.6. The van der Waals surface area contributed by atoms with Gasteiger partial charge < -0.3 is 14.6 Å². The Kier molecular flexibility index (Phi) is 4.34. The van der Waals surface area contributed by atoms with Crippen molar-refractivity contribution in [1.82, 2.24) is 9.88 Å². The first-order valence-corrected chi connectivity index (χ1v) is 6.24. The van der Waals surface area contributed by atoms with Crippen molar-refractivity contribution in [2.45, 2.75) is 32.4 Å². The smallest absolute Gasteiger partial charge is 0.250 e. The summed E-state index contributed by atoms with van der Waals surface area (Å²) in [5.74, 6) is 0. The topological polar surface area (TPSA) is 43.3 Å². The van der Waals surface area contributed by atoms with Crippen LogP contribution in [0.3, 0.4) is 0 Å². The van der Waals surface area contributed by atoms with E-state index in [4.69, 9.17) is 4.74 Å². The molecule has 1 saturated heterocycles. The molecule has 0 radical (unpaired) electrons. The summed E-state index contributed by atoms with van der Waals surface area (Å²) in [6.07, 6.45) is 4.01. The van der Waals surface area contributed by atoms with Crippen molar-refractivity contribution in [2.75, 3.05) is 19.8 Å². The van der Waals surface area contributed by atoms with Crippen LogP contribution in [0.1, 0.15) is 18.4 Å². The van der Waals surface area contributed by atoms with Crippen LogP contribution in [0.25, 0.3) is 0 Å². The molecule has 1 aliphatic heterocycles. The van der Waals surface area contributed by atoms with Crippen molar-refractivity contribution in [3.63, 3.8) is 0 Å². The van der Waals surface area contributed by atoms with E-state index < -0.39 is 0 Å². The lowest BCUT2D eigenvalue weighted by Crippen LogP contribution is -2.37. The Morgan fingerprint density at radius 1 is 1.47 bits per heavy atom. The van der Waals surface area contributed by atoms with E-state index in [0.29, 0.717) is 6.04 Å². The maximum Gasteiger partial charge on any atom is 0.250 e. The fraction of sp³-hybridized carbons (Fsp3) is 0.615. The van der Waals surface area contributed by atoms with Gasteiger partial charge in [-0.25, -0.2) is 0 Å². The molecule has 4 heteroatoms. The van der Waals surface area contributed by atoms with Crippen LogP contribution in [-0.4, -0.2) is 30.4 Å². The normalized spacial score (nSPS) is 17.2. The maximum atomic E-state index is 11.6. The number of hydrogen-bond acceptors (Lipinski definition) is 3. The molecule has 1 N–H and O–H groups in total. The Hall–Kier alpha value is -1.13. The molecule has 1 fully saturated rings. The molecule has 0 saturated carbocycles. The largest absolute Gasteiger partial charge is 0.381 e. The number of aryl methyl sites for hydroxylation is 1. The van der Waals surface area contributed by atoms with E-state index in [1.807, 2.05) is 19.2 Å². The molecule has 1 aliphatic rings. The van der Waals surface area contributed by atoms with Crippen LogP contribution >= 0.6 is 0 Å². The second-order valence-electron chi connectivity index (χ2n) is 4.58. The summed E-state index contributed by atoms with van der Waals surface area (Å²) in [6, 6.07) is 4.19. The zero-order valence-corrected chi connectivity index (χ0v) is 10.3. The first-order chi connectivity index (χ1) is 8.25. The molecule has 0 aliphatic carbocycles. The molecule has 0 bridgehead atoms. The average Bonchev–Trinajstić information content (AvgIpc) is 2.33. The Morgan fingerprint density at radius 3 is 2.94 bits per heavy atom. The summed E-state index contributed by atoms with van der Waals surface area (Å²) in [4.78, 5) is 11.6. The second kappa shape index (κ2) is 5.98. The van der Waals surface area contributed by atoms with Crippen LogP contribution in [0.5, 0.6) is 0 Å². The van der Waals surface area contributed by atoms with Gasteiger partial charge in [0, 0.05) is 44.6 Å². The Bertz CT molecular complexity index is 408. The predicted molar refractivity (Wildman–Crippen MR) is 67.3 cm³/mol. The van der Waals surface area contributed by atoms with E-state index in [9.17, 15) is 4.79 Å². The van der Waals surface area contributed by atoms with Gasteiger partial charge in [0.25, 0.3) is 5.56 Å². The zero-order valence-electron chi connectivity index (χ0n) is 10.3. The summed E-state index contributed by atoms with van der Waals surface area (Å²) >= 11 is 0. The van der Waals surface area contributed by atoms with E-state index in [1.165, 1.54) is 0 Å². The van der Waals surface area contributed by atoms with Gasteiger partial charge in [0.1, 0.15) is 0 Å². The van der Waals surface area contributed by atoms with Gasteiger partial charge in [-0.3, -0.25) is 4.79 Å². The summed E-state index contributed by atoms with van der Waals surface area (Å²) in [6.45, 7) is 5.21. The number of pyridine rings is 1. The minimum Gasteiger partial charge on any atom is -0.381 e. The van der Waals surface area contributed by atoms with Crippen LogP contribution in [-0.2, 0) is 11.3 Å². The molecule has 1 aromatic heterocycles. The van der Waals surface area contributed by atoms with Gasteiger partial charge in [-0.05, 0) is 31.4 Å². The first kappa shape index (κ1) is 12.3. The third kappa shape index (κ3) is 3.68. The molecule has 0 unspecified atom stereocenters. The number of nitrogens with zero attached hydrogens (tertiary/aromatic N) is 1. The van der Waals surface area contributed by atoms with Gasteiger partial charge in [-0.2, -0.15) is 0 Å². The Labute approximate surface area is 102 Å². The van der Waals surface area contributed by atoms with Crippen LogP contribution in [0.2, 0.25) is 0 Å². The summed E-state index contributed by atoms with van der Waals surface area (Å²) in [5, 5.41) is 3.47. The van der Waals surface area contributed by atoms with Crippen LogP contribution in [0.4, 0.5) is 0 Å². The van der Waals surface area contributed by atoms with Crippen molar-refractivity contribution < 1.29 is 4.74 Å². The van der Waals surface area contributed by atoms with E-state index >= 15 is 0 Å². The molecule has 94 valence electrons. The third-order valence-electron chi connectivity index (χ3n) is 3.16. The van der Waals surface area contributed by atoms with E-state index in [2.05, 4.69) is 5.32 Å². The van der Waals surface area contributed by atoms with Gasteiger partial charge in [0.2, 0.25) is 0 Å². The standard InChI is InChI=1S/C13H20N2O2/c1-11-2-6-15(13(16)10-11)7-5-14-12-3-8-17-9-4-12/h2,6,10,12,14H,3-5,7-9H2,1H3. The molecule has 0 amide bonds. The third-order valence-corrected chi connectivity index (χ3v) is 3.16. The fourth-order valence-corrected chi connectivity index (χ4v) is 2.08. The van der Waals surface area contributed by atoms with Crippen LogP contribution < -0.4 is 10.9 Å².